The molecule has 0 radical (unpaired) electrons. The number of benzene rings is 1. The smallest absolute Gasteiger partial charge is 0.267 e. The summed E-state index contributed by atoms with van der Waals surface area (Å²) in [4.78, 5) is 32.9. The summed E-state index contributed by atoms with van der Waals surface area (Å²) in [7, 11) is 0. The molecule has 3 aromatic rings. The Labute approximate surface area is 165 Å². The predicted octanol–water partition coefficient (Wildman–Crippen LogP) is 4.54. The number of thiophene rings is 1. The van der Waals surface area contributed by atoms with E-state index < -0.39 is 0 Å². The number of hydrogen-bond acceptors (Lipinski definition) is 5. The number of fused-ring (bicyclic) bond motifs is 3. The average molecular weight is 397 g/mol. The van der Waals surface area contributed by atoms with Crippen molar-refractivity contribution in [1.82, 2.24) is 9.55 Å². The highest BCUT2D eigenvalue weighted by molar-refractivity contribution is 8.00. The van der Waals surface area contributed by atoms with Gasteiger partial charge in [0.1, 0.15) is 10.6 Å². The molecule has 6 heteroatoms. The number of thioether (sulfide) groups is 1. The molecule has 0 saturated heterocycles. The van der Waals surface area contributed by atoms with E-state index in [0.717, 1.165) is 54.4 Å². The molecular formula is C21H20N2O2S2. The largest absolute Gasteiger partial charge is 0.298 e. The van der Waals surface area contributed by atoms with E-state index in [-0.39, 0.29) is 16.6 Å². The van der Waals surface area contributed by atoms with Crippen LogP contribution in [0.25, 0.3) is 15.9 Å². The van der Waals surface area contributed by atoms with E-state index in [9.17, 15) is 9.59 Å². The molecule has 1 aromatic carbocycles. The first-order chi connectivity index (χ1) is 13.2. The maximum Gasteiger partial charge on any atom is 0.267 e. The molecule has 1 unspecified atom stereocenters. The van der Waals surface area contributed by atoms with Crippen molar-refractivity contribution in [3.8, 4) is 5.69 Å². The van der Waals surface area contributed by atoms with Gasteiger partial charge < -0.3 is 0 Å². The molecule has 0 bridgehead atoms. The molecule has 4 nitrogen and oxygen atoms in total. The van der Waals surface area contributed by atoms with Crippen molar-refractivity contribution < 1.29 is 4.79 Å². The van der Waals surface area contributed by atoms with Crippen LogP contribution in [-0.4, -0.2) is 20.6 Å². The van der Waals surface area contributed by atoms with Gasteiger partial charge >= 0.3 is 0 Å². The van der Waals surface area contributed by atoms with Crippen molar-refractivity contribution in [3.63, 3.8) is 0 Å². The van der Waals surface area contributed by atoms with Crippen LogP contribution < -0.4 is 5.56 Å². The number of rotatable bonds is 3. The van der Waals surface area contributed by atoms with Crippen LogP contribution in [0.15, 0.2) is 40.3 Å². The third-order valence-electron chi connectivity index (χ3n) is 5.47. The lowest BCUT2D eigenvalue weighted by Gasteiger charge is -2.21. The average Bonchev–Trinajstić information content (AvgIpc) is 3.25. The van der Waals surface area contributed by atoms with Crippen molar-refractivity contribution >= 4 is 39.1 Å². The monoisotopic (exact) mass is 396 g/mol. The Kier molecular flexibility index (Phi) is 4.40. The minimum Gasteiger partial charge on any atom is -0.298 e. The molecule has 2 aromatic heterocycles. The Morgan fingerprint density at radius 3 is 2.70 bits per heavy atom. The van der Waals surface area contributed by atoms with Gasteiger partial charge in [0.2, 0.25) is 0 Å². The number of hydrogen-bond donors (Lipinski definition) is 0. The van der Waals surface area contributed by atoms with Crippen molar-refractivity contribution in [2.24, 2.45) is 0 Å². The van der Waals surface area contributed by atoms with Gasteiger partial charge in [-0.2, -0.15) is 0 Å². The van der Waals surface area contributed by atoms with Gasteiger partial charge in [-0.1, -0.05) is 36.4 Å². The Morgan fingerprint density at radius 2 is 1.89 bits per heavy atom. The molecule has 1 saturated carbocycles. The highest BCUT2D eigenvalue weighted by Crippen LogP contribution is 2.37. The van der Waals surface area contributed by atoms with Gasteiger partial charge in [0.25, 0.3) is 5.56 Å². The van der Waals surface area contributed by atoms with Crippen LogP contribution in [0.1, 0.15) is 42.5 Å². The maximum atomic E-state index is 13.5. The zero-order valence-electron chi connectivity index (χ0n) is 14.9. The summed E-state index contributed by atoms with van der Waals surface area (Å²) < 4.78 is 1.72. The molecular weight excluding hydrogens is 376 g/mol. The van der Waals surface area contributed by atoms with Crippen LogP contribution in [0.5, 0.6) is 0 Å². The van der Waals surface area contributed by atoms with Crippen molar-refractivity contribution in [2.75, 3.05) is 0 Å². The number of Topliss-reactive ketones (excluding diaryl/α,β-unsaturated/α-hetero) is 1. The molecule has 138 valence electrons. The van der Waals surface area contributed by atoms with Gasteiger partial charge in [0.15, 0.2) is 5.16 Å². The lowest BCUT2D eigenvalue weighted by Crippen LogP contribution is -2.26. The molecule has 0 aliphatic heterocycles. The van der Waals surface area contributed by atoms with E-state index in [1.54, 1.807) is 15.9 Å². The summed E-state index contributed by atoms with van der Waals surface area (Å²) in [5.41, 5.74) is 2.03. The second kappa shape index (κ2) is 6.91. The van der Waals surface area contributed by atoms with E-state index in [0.29, 0.717) is 11.6 Å². The second-order valence-corrected chi connectivity index (χ2v) is 9.48. The minimum atomic E-state index is -0.0927. The molecule has 1 atom stereocenters. The quantitative estimate of drug-likeness (QED) is 0.610. The van der Waals surface area contributed by atoms with E-state index in [2.05, 4.69) is 0 Å². The SMILES string of the molecule is O=C1CCCCC1Sc1nc2sc3c(c2c(=O)n1-c1ccccc1)CCC3. The van der Waals surface area contributed by atoms with Crippen LogP contribution in [0.4, 0.5) is 0 Å². The zero-order valence-corrected chi connectivity index (χ0v) is 16.6. The standard InChI is InChI=1S/C21H20N2O2S2/c24-15-10-4-5-11-17(15)27-21-22-19-18(14-9-6-12-16(14)26-19)20(25)23(21)13-7-2-1-3-8-13/h1-3,7-8,17H,4-6,9-12H2. The second-order valence-electron chi connectivity index (χ2n) is 7.23. The lowest BCUT2D eigenvalue weighted by atomic mass is 9.99. The molecule has 0 spiro atoms. The lowest BCUT2D eigenvalue weighted by molar-refractivity contribution is -0.119. The van der Waals surface area contributed by atoms with Gasteiger partial charge in [-0.3, -0.25) is 14.2 Å². The number of ketones is 1. The predicted molar refractivity (Wildman–Crippen MR) is 110 cm³/mol. The molecule has 1 fully saturated rings. The summed E-state index contributed by atoms with van der Waals surface area (Å²) >= 11 is 3.13. The Hall–Kier alpha value is -1.92. The van der Waals surface area contributed by atoms with Gasteiger partial charge in [-0.25, -0.2) is 4.98 Å². The van der Waals surface area contributed by atoms with Crippen LogP contribution in [0, 0.1) is 0 Å². The zero-order chi connectivity index (χ0) is 18.4. The number of aromatic nitrogens is 2. The molecule has 0 N–H and O–H groups in total. The first-order valence-electron chi connectivity index (χ1n) is 9.54. The fraction of sp³-hybridized carbons (Fsp3) is 0.381. The summed E-state index contributed by atoms with van der Waals surface area (Å²) in [6, 6.07) is 9.69. The highest BCUT2D eigenvalue weighted by atomic mass is 32.2. The van der Waals surface area contributed by atoms with E-state index in [1.807, 2.05) is 30.3 Å². The molecule has 2 heterocycles. The summed E-state index contributed by atoms with van der Waals surface area (Å²) in [5, 5.41) is 1.35. The first kappa shape index (κ1) is 17.2. The normalized spacial score (nSPS) is 19.6. The first-order valence-corrected chi connectivity index (χ1v) is 11.2. The third kappa shape index (κ3) is 2.95. The molecule has 2 aliphatic carbocycles. The van der Waals surface area contributed by atoms with Crippen LogP contribution in [0.2, 0.25) is 0 Å². The van der Waals surface area contributed by atoms with E-state index in [1.165, 1.54) is 22.2 Å². The summed E-state index contributed by atoms with van der Waals surface area (Å²) in [6.07, 6.45) is 6.68. The van der Waals surface area contributed by atoms with Crippen molar-refractivity contribution in [2.45, 2.75) is 55.4 Å². The third-order valence-corrected chi connectivity index (χ3v) is 7.92. The van der Waals surface area contributed by atoms with E-state index in [4.69, 9.17) is 4.98 Å². The summed E-state index contributed by atoms with van der Waals surface area (Å²) in [5.74, 6) is 0.286. The number of aryl methyl sites for hydroxylation is 2. The topological polar surface area (TPSA) is 52.0 Å². The maximum absolute atomic E-state index is 13.5. The number of carbonyl (C=O) groups excluding carboxylic acids is 1. The summed E-state index contributed by atoms with van der Waals surface area (Å²) in [6.45, 7) is 0. The Bertz CT molecular complexity index is 1080. The highest BCUT2D eigenvalue weighted by Gasteiger charge is 2.28. The molecule has 27 heavy (non-hydrogen) atoms. The number of nitrogens with zero attached hydrogens (tertiary/aromatic N) is 2. The number of carbonyl (C=O) groups is 1. The Balaban J connectivity index is 1.71. The van der Waals surface area contributed by atoms with Crippen LogP contribution in [-0.2, 0) is 17.6 Å². The van der Waals surface area contributed by atoms with Gasteiger partial charge in [-0.05, 0) is 49.8 Å². The fourth-order valence-corrected chi connectivity index (χ4v) is 6.65. The van der Waals surface area contributed by atoms with Gasteiger partial charge in [0.05, 0.1) is 16.3 Å². The van der Waals surface area contributed by atoms with Crippen LogP contribution >= 0.6 is 23.1 Å². The minimum absolute atomic E-state index is 0.0105. The molecule has 2 aliphatic rings. The Morgan fingerprint density at radius 1 is 1.04 bits per heavy atom. The molecule has 0 amide bonds. The van der Waals surface area contributed by atoms with Crippen molar-refractivity contribution in [1.29, 1.82) is 0 Å². The number of para-hydroxylation sites is 1. The van der Waals surface area contributed by atoms with Crippen molar-refractivity contribution in [3.05, 3.63) is 51.1 Å². The molecule has 5 rings (SSSR count). The fourth-order valence-electron chi connectivity index (χ4n) is 4.11. The van der Waals surface area contributed by atoms with E-state index >= 15 is 0 Å². The van der Waals surface area contributed by atoms with Gasteiger partial charge in [-0.15, -0.1) is 11.3 Å². The van der Waals surface area contributed by atoms with Crippen LogP contribution in [0.3, 0.4) is 0 Å². The van der Waals surface area contributed by atoms with Gasteiger partial charge in [0, 0.05) is 11.3 Å².